The van der Waals surface area contributed by atoms with Gasteiger partial charge in [0.1, 0.15) is 17.6 Å². The monoisotopic (exact) mass is 532 g/mol. The average molecular weight is 533 g/mol. The second-order valence-corrected chi connectivity index (χ2v) is 11.6. The number of nitrogens with zero attached hydrogens (tertiary/aromatic N) is 2. The van der Waals surface area contributed by atoms with E-state index in [-0.39, 0.29) is 36.9 Å². The van der Waals surface area contributed by atoms with Crippen molar-refractivity contribution in [1.29, 1.82) is 0 Å². The van der Waals surface area contributed by atoms with Crippen molar-refractivity contribution in [2.24, 2.45) is 23.7 Å². The summed E-state index contributed by atoms with van der Waals surface area (Å²) in [6, 6.07) is -1.49. The van der Waals surface area contributed by atoms with Crippen LogP contribution in [0.5, 0.6) is 0 Å². The molecule has 3 fully saturated rings. The molecule has 2 bridgehead atoms. The Morgan fingerprint density at radius 2 is 2.00 bits per heavy atom. The molecule has 8 heteroatoms. The van der Waals surface area contributed by atoms with Gasteiger partial charge >= 0.3 is 5.97 Å². The highest BCUT2D eigenvalue weighted by atomic mass is 16.6. The second-order valence-electron chi connectivity index (χ2n) is 11.6. The first-order chi connectivity index (χ1) is 18.1. The third kappa shape index (κ3) is 4.94. The van der Waals surface area contributed by atoms with Crippen molar-refractivity contribution >= 4 is 17.8 Å². The summed E-state index contributed by atoms with van der Waals surface area (Å²) in [5.74, 6) is -2.70. The van der Waals surface area contributed by atoms with E-state index in [1.807, 2.05) is 27.7 Å². The number of hydrogen-bond acceptors (Lipinski definition) is 6. The molecule has 0 aromatic carbocycles. The minimum absolute atomic E-state index is 0.0486. The Kier molecular flexibility index (Phi) is 9.85. The number of rotatable bonds is 15. The van der Waals surface area contributed by atoms with Crippen LogP contribution in [-0.4, -0.2) is 82.3 Å². The van der Waals surface area contributed by atoms with Crippen LogP contribution in [0.3, 0.4) is 0 Å². The summed E-state index contributed by atoms with van der Waals surface area (Å²) in [6.07, 6.45) is 7.80. The van der Waals surface area contributed by atoms with Gasteiger partial charge in [0.05, 0.1) is 30.8 Å². The molecule has 3 unspecified atom stereocenters. The smallest absolute Gasteiger partial charge is 0.312 e. The summed E-state index contributed by atoms with van der Waals surface area (Å²) in [5, 5.41) is 10.5. The van der Waals surface area contributed by atoms with Gasteiger partial charge < -0.3 is 24.4 Å². The topological polar surface area (TPSA) is 96.4 Å². The fraction of sp³-hybridized carbons (Fsp3) is 0.767. The molecule has 0 aromatic rings. The van der Waals surface area contributed by atoms with E-state index >= 15 is 0 Å². The number of carbonyl (C=O) groups is 3. The lowest BCUT2D eigenvalue weighted by atomic mass is 9.62. The Morgan fingerprint density at radius 1 is 1.29 bits per heavy atom. The third-order valence-corrected chi connectivity index (χ3v) is 9.33. The van der Waals surface area contributed by atoms with Gasteiger partial charge in [-0.1, -0.05) is 52.7 Å². The number of aliphatic hydroxyl groups is 1. The molecule has 8 atom stereocenters. The number of allylic oxidation sites excluding steroid dienone is 1. The molecule has 3 aliphatic heterocycles. The van der Waals surface area contributed by atoms with E-state index in [0.717, 1.165) is 25.7 Å². The molecule has 3 saturated heterocycles. The third-order valence-electron chi connectivity index (χ3n) is 9.33. The lowest BCUT2D eigenvalue weighted by Crippen LogP contribution is -2.60. The number of amides is 2. The van der Waals surface area contributed by atoms with Crippen molar-refractivity contribution in [3.8, 4) is 0 Å². The number of esters is 1. The van der Waals surface area contributed by atoms with Crippen LogP contribution in [0.2, 0.25) is 0 Å². The lowest BCUT2D eigenvalue weighted by molar-refractivity contribution is -0.164. The molecule has 3 heterocycles. The van der Waals surface area contributed by atoms with Crippen molar-refractivity contribution in [2.75, 3.05) is 26.3 Å². The van der Waals surface area contributed by atoms with Crippen molar-refractivity contribution in [2.45, 2.75) is 96.4 Å². The number of carbonyl (C=O) groups excluding carboxylic acids is 3. The van der Waals surface area contributed by atoms with Crippen LogP contribution < -0.4 is 0 Å². The molecule has 0 aromatic heterocycles. The van der Waals surface area contributed by atoms with Crippen LogP contribution in [0.4, 0.5) is 0 Å². The lowest BCUT2D eigenvalue weighted by Gasteiger charge is -2.41. The van der Waals surface area contributed by atoms with Crippen molar-refractivity contribution in [1.82, 2.24) is 9.80 Å². The van der Waals surface area contributed by atoms with E-state index < -0.39 is 41.1 Å². The van der Waals surface area contributed by atoms with Gasteiger partial charge in [0.25, 0.3) is 0 Å². The van der Waals surface area contributed by atoms with Crippen LogP contribution >= 0.6 is 0 Å². The second kappa shape index (κ2) is 12.3. The fourth-order valence-electron chi connectivity index (χ4n) is 6.95. The standard InChI is InChI=1S/C30H48N2O6/c1-8-12-14-17-37-28(36)24-23-26(34)32(22(19-33)20(5)11-4)25(27(35)31(15-10-3)16-13-9-2)30(23)18-21(6)29(24,7)38-30/h8,10,20-25,33H,1,3,9,11-19H2,2,4-7H3/t20-,21?,22-,23-,24-,25?,29+,30?/m0/s1. The van der Waals surface area contributed by atoms with Gasteiger partial charge in [-0.3, -0.25) is 14.4 Å². The zero-order chi connectivity index (χ0) is 28.3. The van der Waals surface area contributed by atoms with Crippen LogP contribution in [-0.2, 0) is 23.9 Å². The Labute approximate surface area is 228 Å². The maximum absolute atomic E-state index is 14.4. The number of aliphatic hydroxyl groups excluding tert-OH is 1. The quantitative estimate of drug-likeness (QED) is 0.196. The normalized spacial score (nSPS) is 33.1. The Balaban J connectivity index is 2.10. The number of unbranched alkanes of at least 4 members (excludes halogenated alkanes) is 2. The molecule has 38 heavy (non-hydrogen) atoms. The van der Waals surface area contributed by atoms with Gasteiger partial charge in [-0.25, -0.2) is 0 Å². The first-order valence-electron chi connectivity index (χ1n) is 14.4. The molecular formula is C30H48N2O6. The zero-order valence-corrected chi connectivity index (χ0v) is 24.0. The molecule has 3 aliphatic rings. The van der Waals surface area contributed by atoms with Crippen LogP contribution in [0, 0.1) is 23.7 Å². The van der Waals surface area contributed by atoms with Gasteiger partial charge in [-0.05, 0) is 44.4 Å². The SMILES string of the molecule is C=CCCCOC(=O)[C@@H]1[C@H]2C(=O)N([C@@H](CO)[C@@H](C)CC)C(C(=O)N(CC=C)CCCC)C23CC(C)[C@@]1(C)O3. The van der Waals surface area contributed by atoms with Crippen molar-refractivity contribution in [3.63, 3.8) is 0 Å². The molecule has 2 amide bonds. The number of likely N-dealkylation sites (tertiary alicyclic amines) is 1. The summed E-state index contributed by atoms with van der Waals surface area (Å²) in [5.41, 5.74) is -2.07. The Morgan fingerprint density at radius 3 is 2.58 bits per heavy atom. The fourth-order valence-corrected chi connectivity index (χ4v) is 6.95. The summed E-state index contributed by atoms with van der Waals surface area (Å²) in [4.78, 5) is 45.6. The number of fused-ring (bicyclic) bond motifs is 1. The maximum Gasteiger partial charge on any atom is 0.312 e. The largest absolute Gasteiger partial charge is 0.465 e. The number of hydrogen-bond donors (Lipinski definition) is 1. The van der Waals surface area contributed by atoms with Gasteiger partial charge in [-0.15, -0.1) is 13.2 Å². The first kappa shape index (κ1) is 30.4. The summed E-state index contributed by atoms with van der Waals surface area (Å²) >= 11 is 0. The van der Waals surface area contributed by atoms with E-state index in [4.69, 9.17) is 9.47 Å². The highest BCUT2D eigenvalue weighted by molar-refractivity contribution is 5.98. The molecule has 8 nitrogen and oxygen atoms in total. The van der Waals surface area contributed by atoms with Gasteiger partial charge in [-0.2, -0.15) is 0 Å². The van der Waals surface area contributed by atoms with Gasteiger partial charge in [0, 0.05) is 13.1 Å². The maximum atomic E-state index is 14.4. The van der Waals surface area contributed by atoms with Gasteiger partial charge in [0.2, 0.25) is 11.8 Å². The van der Waals surface area contributed by atoms with Gasteiger partial charge in [0.15, 0.2) is 0 Å². The molecule has 1 N–H and O–H groups in total. The number of ether oxygens (including phenoxy) is 2. The van der Waals surface area contributed by atoms with E-state index in [0.29, 0.717) is 25.9 Å². The van der Waals surface area contributed by atoms with E-state index in [1.54, 1.807) is 22.0 Å². The molecule has 0 saturated carbocycles. The molecule has 0 aliphatic carbocycles. The van der Waals surface area contributed by atoms with Crippen LogP contribution in [0.25, 0.3) is 0 Å². The Hall–Kier alpha value is -2.19. The van der Waals surface area contributed by atoms with Crippen LogP contribution in [0.15, 0.2) is 25.3 Å². The Bertz CT molecular complexity index is 907. The van der Waals surface area contributed by atoms with Crippen molar-refractivity contribution < 1.29 is 29.0 Å². The predicted molar refractivity (Wildman–Crippen MR) is 146 cm³/mol. The minimum atomic E-state index is -1.15. The zero-order valence-electron chi connectivity index (χ0n) is 24.0. The molecular weight excluding hydrogens is 484 g/mol. The van der Waals surface area contributed by atoms with Crippen LogP contribution in [0.1, 0.15) is 73.1 Å². The molecule has 0 radical (unpaired) electrons. The molecule has 3 rings (SSSR count). The van der Waals surface area contributed by atoms with E-state index in [1.165, 1.54) is 0 Å². The predicted octanol–water partition coefficient (Wildman–Crippen LogP) is 3.73. The molecule has 214 valence electrons. The highest BCUT2D eigenvalue weighted by Gasteiger charge is 2.80. The first-order valence-corrected chi connectivity index (χ1v) is 14.4. The summed E-state index contributed by atoms with van der Waals surface area (Å²) in [6.45, 7) is 18.4. The average Bonchev–Trinajstić information content (AvgIpc) is 3.41. The summed E-state index contributed by atoms with van der Waals surface area (Å²) < 4.78 is 12.5. The highest BCUT2D eigenvalue weighted by Crippen LogP contribution is 2.65. The summed E-state index contributed by atoms with van der Waals surface area (Å²) in [7, 11) is 0. The van der Waals surface area contributed by atoms with E-state index in [9.17, 15) is 19.5 Å². The minimum Gasteiger partial charge on any atom is -0.465 e. The molecule has 1 spiro atoms. The van der Waals surface area contributed by atoms with E-state index in [2.05, 4.69) is 20.1 Å². The van der Waals surface area contributed by atoms with Crippen molar-refractivity contribution in [3.05, 3.63) is 25.3 Å².